The summed E-state index contributed by atoms with van der Waals surface area (Å²) >= 11 is 0. The third-order valence-corrected chi connectivity index (χ3v) is 4.43. The van der Waals surface area contributed by atoms with Gasteiger partial charge >= 0.3 is 0 Å². The Morgan fingerprint density at radius 2 is 1.81 bits per heavy atom. The minimum Gasteiger partial charge on any atom is -0.262 e. The quantitative estimate of drug-likeness (QED) is 0.922. The lowest BCUT2D eigenvalue weighted by Gasteiger charge is -2.10. The Morgan fingerprint density at radius 3 is 2.38 bits per heavy atom. The lowest BCUT2D eigenvalue weighted by atomic mass is 10.1. The number of sulfonamides is 1. The van der Waals surface area contributed by atoms with Crippen LogP contribution in [0.4, 0.5) is 5.82 Å². The van der Waals surface area contributed by atoms with E-state index in [0.717, 1.165) is 24.1 Å². The van der Waals surface area contributed by atoms with Crippen molar-refractivity contribution in [2.24, 2.45) is 0 Å². The highest BCUT2D eigenvalue weighted by molar-refractivity contribution is 7.92. The maximum atomic E-state index is 12.3. The predicted molar refractivity (Wildman–Crippen MR) is 82.8 cm³/mol. The van der Waals surface area contributed by atoms with Crippen LogP contribution >= 0.6 is 0 Å². The first-order valence-corrected chi connectivity index (χ1v) is 8.32. The molecule has 0 unspecified atom stereocenters. The van der Waals surface area contributed by atoms with Crippen LogP contribution in [0.15, 0.2) is 35.4 Å². The Balaban J connectivity index is 2.25. The molecule has 1 N–H and O–H groups in total. The van der Waals surface area contributed by atoms with Crippen LogP contribution in [0, 0.1) is 13.8 Å². The van der Waals surface area contributed by atoms with Gasteiger partial charge in [0, 0.05) is 0 Å². The van der Waals surface area contributed by atoms with Gasteiger partial charge < -0.3 is 0 Å². The van der Waals surface area contributed by atoms with Crippen molar-refractivity contribution >= 4 is 15.8 Å². The van der Waals surface area contributed by atoms with Crippen LogP contribution in [-0.4, -0.2) is 18.4 Å². The molecule has 1 heterocycles. The molecule has 5 nitrogen and oxygen atoms in total. The summed E-state index contributed by atoms with van der Waals surface area (Å²) in [6.07, 6.45) is 3.51. The molecule has 0 radical (unpaired) electrons. The third-order valence-electron chi connectivity index (χ3n) is 3.07. The van der Waals surface area contributed by atoms with E-state index in [-0.39, 0.29) is 10.7 Å². The molecule has 0 saturated carbocycles. The monoisotopic (exact) mass is 305 g/mol. The molecule has 0 bridgehead atoms. The van der Waals surface area contributed by atoms with Crippen molar-refractivity contribution in [1.29, 1.82) is 0 Å². The van der Waals surface area contributed by atoms with Crippen molar-refractivity contribution in [2.45, 2.75) is 38.5 Å². The molecule has 112 valence electrons. The zero-order chi connectivity index (χ0) is 15.5. The van der Waals surface area contributed by atoms with Gasteiger partial charge in [0.1, 0.15) is 0 Å². The van der Waals surface area contributed by atoms with Crippen molar-refractivity contribution in [1.82, 2.24) is 9.97 Å². The van der Waals surface area contributed by atoms with Gasteiger partial charge in [-0.15, -0.1) is 0 Å². The Morgan fingerprint density at radius 1 is 1.14 bits per heavy atom. The summed E-state index contributed by atoms with van der Waals surface area (Å²) in [6, 6.07) is 6.91. The summed E-state index contributed by atoms with van der Waals surface area (Å²) in [5.74, 6) is 0.262. The van der Waals surface area contributed by atoms with E-state index in [0.29, 0.717) is 5.69 Å². The molecule has 2 rings (SSSR count). The van der Waals surface area contributed by atoms with E-state index >= 15 is 0 Å². The van der Waals surface area contributed by atoms with Gasteiger partial charge in [0.05, 0.1) is 22.5 Å². The lowest BCUT2D eigenvalue weighted by molar-refractivity contribution is 0.601. The molecule has 0 atom stereocenters. The number of rotatable bonds is 5. The number of nitrogens with one attached hydrogen (secondary N) is 1. The van der Waals surface area contributed by atoms with Gasteiger partial charge in [-0.3, -0.25) is 9.71 Å². The summed E-state index contributed by atoms with van der Waals surface area (Å²) in [6.45, 7) is 5.62. The summed E-state index contributed by atoms with van der Waals surface area (Å²) in [4.78, 5) is 8.51. The smallest absolute Gasteiger partial charge is 0.262 e. The van der Waals surface area contributed by atoms with Gasteiger partial charge in [-0.05, 0) is 38.0 Å². The zero-order valence-electron chi connectivity index (χ0n) is 12.4. The fourth-order valence-corrected chi connectivity index (χ4v) is 3.08. The molecule has 0 amide bonds. The number of benzene rings is 1. The van der Waals surface area contributed by atoms with Gasteiger partial charge in [0.15, 0.2) is 5.82 Å². The van der Waals surface area contributed by atoms with E-state index < -0.39 is 10.0 Å². The average Bonchev–Trinajstić information content (AvgIpc) is 2.43. The van der Waals surface area contributed by atoms with E-state index in [2.05, 4.69) is 21.6 Å². The highest BCUT2D eigenvalue weighted by Crippen LogP contribution is 2.17. The minimum absolute atomic E-state index is 0.226. The highest BCUT2D eigenvalue weighted by Gasteiger charge is 2.16. The molecule has 0 spiro atoms. The molecule has 0 saturated heterocycles. The largest absolute Gasteiger partial charge is 0.263 e. The molecule has 21 heavy (non-hydrogen) atoms. The molecule has 6 heteroatoms. The van der Waals surface area contributed by atoms with Crippen molar-refractivity contribution in [3.05, 3.63) is 47.4 Å². The first-order valence-electron chi connectivity index (χ1n) is 6.84. The second-order valence-corrected chi connectivity index (χ2v) is 6.63. The van der Waals surface area contributed by atoms with Crippen LogP contribution in [-0.2, 0) is 16.4 Å². The zero-order valence-corrected chi connectivity index (χ0v) is 13.2. The normalized spacial score (nSPS) is 11.4. The number of anilines is 1. The summed E-state index contributed by atoms with van der Waals surface area (Å²) in [5.41, 5.74) is 2.43. The Bertz CT molecular complexity index is 725. The number of hydrogen-bond donors (Lipinski definition) is 1. The van der Waals surface area contributed by atoms with Gasteiger partial charge in [0.25, 0.3) is 10.0 Å². The van der Waals surface area contributed by atoms with Crippen molar-refractivity contribution in [2.75, 3.05) is 4.72 Å². The number of aromatic nitrogens is 2. The van der Waals surface area contributed by atoms with Crippen LogP contribution < -0.4 is 4.72 Å². The summed E-state index contributed by atoms with van der Waals surface area (Å²) in [7, 11) is -3.63. The van der Waals surface area contributed by atoms with Crippen molar-refractivity contribution < 1.29 is 8.42 Å². The van der Waals surface area contributed by atoms with Gasteiger partial charge in [-0.2, -0.15) is 0 Å². The molecule has 1 aromatic carbocycles. The molecular formula is C15H19N3O2S. The minimum atomic E-state index is -3.63. The van der Waals surface area contributed by atoms with Gasteiger partial charge in [-0.25, -0.2) is 13.4 Å². The van der Waals surface area contributed by atoms with Crippen molar-refractivity contribution in [3.63, 3.8) is 0 Å². The summed E-state index contributed by atoms with van der Waals surface area (Å²) in [5, 5.41) is 0. The molecule has 0 aliphatic rings. The molecule has 0 aliphatic carbocycles. The SMILES string of the molecule is CCCc1ccc(S(=O)(=O)Nc2ncc(C)nc2C)cc1. The van der Waals surface area contributed by atoms with Crippen LogP contribution in [0.2, 0.25) is 0 Å². The Hall–Kier alpha value is -1.95. The molecular weight excluding hydrogens is 286 g/mol. The van der Waals surface area contributed by atoms with E-state index in [1.807, 2.05) is 19.1 Å². The van der Waals surface area contributed by atoms with Crippen molar-refractivity contribution in [3.8, 4) is 0 Å². The van der Waals surface area contributed by atoms with Crippen LogP contribution in [0.5, 0.6) is 0 Å². The van der Waals surface area contributed by atoms with Crippen LogP contribution in [0.3, 0.4) is 0 Å². The summed E-state index contributed by atoms with van der Waals surface area (Å²) < 4.78 is 27.1. The maximum absolute atomic E-state index is 12.3. The van der Waals surface area contributed by atoms with E-state index in [1.54, 1.807) is 19.1 Å². The second-order valence-electron chi connectivity index (χ2n) is 4.94. The molecule has 0 aliphatic heterocycles. The lowest BCUT2D eigenvalue weighted by Crippen LogP contribution is -2.15. The van der Waals surface area contributed by atoms with E-state index in [4.69, 9.17) is 0 Å². The molecule has 2 aromatic rings. The highest BCUT2D eigenvalue weighted by atomic mass is 32.2. The fourth-order valence-electron chi connectivity index (χ4n) is 2.01. The number of nitrogens with zero attached hydrogens (tertiary/aromatic N) is 2. The second kappa shape index (κ2) is 6.22. The first-order chi connectivity index (χ1) is 9.92. The Labute approximate surface area is 125 Å². The topological polar surface area (TPSA) is 72.0 Å². The first kappa shape index (κ1) is 15.4. The number of hydrogen-bond acceptors (Lipinski definition) is 4. The molecule has 0 fully saturated rings. The predicted octanol–water partition coefficient (Wildman–Crippen LogP) is 2.85. The molecule has 1 aromatic heterocycles. The fraction of sp³-hybridized carbons (Fsp3) is 0.333. The van der Waals surface area contributed by atoms with E-state index in [1.165, 1.54) is 6.20 Å². The average molecular weight is 305 g/mol. The maximum Gasteiger partial charge on any atom is 0.263 e. The number of aryl methyl sites for hydroxylation is 3. The van der Waals surface area contributed by atoms with Gasteiger partial charge in [0.2, 0.25) is 0 Å². The van der Waals surface area contributed by atoms with Crippen LogP contribution in [0.1, 0.15) is 30.3 Å². The van der Waals surface area contributed by atoms with Crippen LogP contribution in [0.25, 0.3) is 0 Å². The Kier molecular flexibility index (Phi) is 4.57. The third kappa shape index (κ3) is 3.78. The standard InChI is InChI=1S/C15H19N3O2S/c1-4-5-13-6-8-14(9-7-13)21(19,20)18-15-12(3)17-11(2)10-16-15/h6-10H,4-5H2,1-3H3,(H,16,18). The van der Waals surface area contributed by atoms with Gasteiger partial charge in [-0.1, -0.05) is 25.5 Å². The van der Waals surface area contributed by atoms with E-state index in [9.17, 15) is 8.42 Å².